The smallest absolute Gasteiger partial charge is 0.234 e. The lowest BCUT2D eigenvalue weighted by molar-refractivity contribution is -0.113. The van der Waals surface area contributed by atoms with E-state index in [2.05, 4.69) is 15.5 Å². The number of hydrogen-bond donors (Lipinski definition) is 1. The van der Waals surface area contributed by atoms with Crippen LogP contribution in [0.25, 0.3) is 11.4 Å². The molecule has 34 heavy (non-hydrogen) atoms. The van der Waals surface area contributed by atoms with Crippen molar-refractivity contribution in [3.05, 3.63) is 83.9 Å². The van der Waals surface area contributed by atoms with Crippen molar-refractivity contribution in [2.45, 2.75) is 11.7 Å². The van der Waals surface area contributed by atoms with E-state index in [1.54, 1.807) is 0 Å². The van der Waals surface area contributed by atoms with E-state index >= 15 is 0 Å². The number of carbonyl (C=O) groups excluding carboxylic acids is 1. The zero-order valence-corrected chi connectivity index (χ0v) is 18.5. The first-order valence-electron chi connectivity index (χ1n) is 10.3. The number of ether oxygens (including phenoxy) is 2. The van der Waals surface area contributed by atoms with Gasteiger partial charge in [0.25, 0.3) is 0 Å². The third-order valence-electron chi connectivity index (χ3n) is 5.06. The lowest BCUT2D eigenvalue weighted by Crippen LogP contribution is -2.16. The van der Waals surface area contributed by atoms with Crippen LogP contribution < -0.4 is 14.8 Å². The van der Waals surface area contributed by atoms with Gasteiger partial charge in [-0.1, -0.05) is 48.2 Å². The predicted molar refractivity (Wildman–Crippen MR) is 123 cm³/mol. The van der Waals surface area contributed by atoms with Gasteiger partial charge in [-0.05, 0) is 29.8 Å². The van der Waals surface area contributed by atoms with Crippen LogP contribution in [0.2, 0.25) is 0 Å². The van der Waals surface area contributed by atoms with Crippen molar-refractivity contribution >= 4 is 23.4 Å². The molecule has 1 aliphatic rings. The van der Waals surface area contributed by atoms with Crippen LogP contribution in [0, 0.1) is 11.6 Å². The molecule has 1 aromatic heterocycles. The second-order valence-electron chi connectivity index (χ2n) is 7.41. The molecule has 0 bridgehead atoms. The van der Waals surface area contributed by atoms with Crippen LogP contribution >= 0.6 is 11.8 Å². The Morgan fingerprint density at radius 3 is 2.68 bits per heavy atom. The minimum Gasteiger partial charge on any atom is -0.454 e. The first kappa shape index (κ1) is 21.9. The Hall–Kier alpha value is -3.92. The molecule has 2 heterocycles. The van der Waals surface area contributed by atoms with E-state index in [9.17, 15) is 13.6 Å². The van der Waals surface area contributed by atoms with Crippen molar-refractivity contribution < 1.29 is 23.0 Å². The predicted octanol–water partition coefficient (Wildman–Crippen LogP) is 4.73. The molecule has 0 fully saturated rings. The highest BCUT2D eigenvalue weighted by molar-refractivity contribution is 7.99. The normalized spacial score (nSPS) is 12.1. The summed E-state index contributed by atoms with van der Waals surface area (Å²) in [6.45, 7) is 0.610. The van der Waals surface area contributed by atoms with E-state index in [0.29, 0.717) is 29.0 Å². The molecular weight excluding hydrogens is 462 g/mol. The van der Waals surface area contributed by atoms with E-state index in [1.165, 1.54) is 0 Å². The molecule has 10 heteroatoms. The van der Waals surface area contributed by atoms with Crippen molar-refractivity contribution in [3.63, 3.8) is 0 Å². The molecule has 172 valence electrons. The van der Waals surface area contributed by atoms with E-state index < -0.39 is 17.5 Å². The minimum absolute atomic E-state index is 0.0655. The van der Waals surface area contributed by atoms with E-state index in [-0.39, 0.29) is 18.2 Å². The van der Waals surface area contributed by atoms with Gasteiger partial charge >= 0.3 is 0 Å². The maximum absolute atomic E-state index is 13.9. The number of fused-ring (bicyclic) bond motifs is 1. The van der Waals surface area contributed by atoms with Crippen LogP contribution in [0.15, 0.2) is 71.9 Å². The molecule has 1 amide bonds. The van der Waals surface area contributed by atoms with Gasteiger partial charge in [0.1, 0.15) is 11.6 Å². The number of hydrogen-bond acceptors (Lipinski definition) is 6. The average Bonchev–Trinajstić information content (AvgIpc) is 3.47. The molecule has 0 atom stereocenters. The second kappa shape index (κ2) is 9.52. The molecule has 0 spiro atoms. The number of nitrogens with zero attached hydrogens (tertiary/aromatic N) is 3. The third-order valence-corrected chi connectivity index (χ3v) is 6.03. The summed E-state index contributed by atoms with van der Waals surface area (Å²) in [7, 11) is 0. The number of benzene rings is 3. The molecule has 0 radical (unpaired) electrons. The zero-order valence-electron chi connectivity index (χ0n) is 17.7. The van der Waals surface area contributed by atoms with Gasteiger partial charge in [0.05, 0.1) is 18.0 Å². The minimum atomic E-state index is -0.711. The summed E-state index contributed by atoms with van der Waals surface area (Å²) in [4.78, 5) is 12.4. The fourth-order valence-corrected chi connectivity index (χ4v) is 4.21. The Morgan fingerprint density at radius 1 is 1.00 bits per heavy atom. The van der Waals surface area contributed by atoms with Crippen LogP contribution in [0.5, 0.6) is 11.5 Å². The van der Waals surface area contributed by atoms with Gasteiger partial charge in [-0.15, -0.1) is 10.2 Å². The molecular formula is C24H18F2N4O3S. The van der Waals surface area contributed by atoms with Gasteiger partial charge < -0.3 is 14.8 Å². The SMILES string of the molecule is O=C(CSc1nnc(-c2ccccc2)n1Cc1ccc2c(c1)OCO2)Nc1cc(F)ccc1F. The largest absolute Gasteiger partial charge is 0.454 e. The Labute approximate surface area is 197 Å². The molecule has 1 aliphatic heterocycles. The van der Waals surface area contributed by atoms with E-state index in [1.807, 2.05) is 53.1 Å². The number of rotatable bonds is 7. The van der Waals surface area contributed by atoms with Crippen LogP contribution in [0.4, 0.5) is 14.5 Å². The van der Waals surface area contributed by atoms with Crippen molar-refractivity contribution in [1.29, 1.82) is 0 Å². The lowest BCUT2D eigenvalue weighted by atomic mass is 10.2. The van der Waals surface area contributed by atoms with Crippen LogP contribution in [-0.4, -0.2) is 33.2 Å². The Balaban J connectivity index is 1.38. The molecule has 1 N–H and O–H groups in total. The summed E-state index contributed by atoms with van der Waals surface area (Å²) in [5, 5.41) is 11.5. The van der Waals surface area contributed by atoms with Crippen molar-refractivity contribution in [3.8, 4) is 22.9 Å². The summed E-state index contributed by atoms with van der Waals surface area (Å²) >= 11 is 1.15. The van der Waals surface area contributed by atoms with Gasteiger partial charge in [0, 0.05) is 11.6 Å². The summed E-state index contributed by atoms with van der Waals surface area (Å²) in [6.07, 6.45) is 0. The third kappa shape index (κ3) is 4.72. The second-order valence-corrected chi connectivity index (χ2v) is 8.35. The van der Waals surface area contributed by atoms with Crippen molar-refractivity contribution in [2.24, 2.45) is 0 Å². The van der Waals surface area contributed by atoms with Crippen LogP contribution in [0.3, 0.4) is 0 Å². The maximum Gasteiger partial charge on any atom is 0.234 e. The fraction of sp³-hybridized carbons (Fsp3) is 0.125. The Morgan fingerprint density at radius 2 is 1.82 bits per heavy atom. The molecule has 0 unspecified atom stereocenters. The Kier molecular flexibility index (Phi) is 6.13. The van der Waals surface area contributed by atoms with E-state index in [0.717, 1.165) is 41.1 Å². The van der Waals surface area contributed by atoms with Crippen LogP contribution in [-0.2, 0) is 11.3 Å². The van der Waals surface area contributed by atoms with Crippen LogP contribution in [0.1, 0.15) is 5.56 Å². The number of nitrogens with one attached hydrogen (secondary N) is 1. The monoisotopic (exact) mass is 480 g/mol. The highest BCUT2D eigenvalue weighted by Gasteiger charge is 2.19. The fourth-order valence-electron chi connectivity index (χ4n) is 3.47. The number of carbonyl (C=O) groups is 1. The van der Waals surface area contributed by atoms with Crippen molar-refractivity contribution in [2.75, 3.05) is 17.9 Å². The van der Waals surface area contributed by atoms with Gasteiger partial charge in [-0.25, -0.2) is 8.78 Å². The van der Waals surface area contributed by atoms with Gasteiger partial charge in [0.15, 0.2) is 22.5 Å². The molecule has 0 saturated heterocycles. The first-order valence-corrected chi connectivity index (χ1v) is 11.3. The maximum atomic E-state index is 13.9. The summed E-state index contributed by atoms with van der Waals surface area (Å²) in [6, 6.07) is 18.1. The zero-order chi connectivity index (χ0) is 23.5. The van der Waals surface area contributed by atoms with E-state index in [4.69, 9.17) is 9.47 Å². The molecule has 7 nitrogen and oxygen atoms in total. The van der Waals surface area contributed by atoms with Gasteiger partial charge in [-0.2, -0.15) is 0 Å². The molecule has 3 aromatic carbocycles. The molecule has 5 rings (SSSR count). The average molecular weight is 480 g/mol. The van der Waals surface area contributed by atoms with Gasteiger partial charge in [-0.3, -0.25) is 9.36 Å². The summed E-state index contributed by atoms with van der Waals surface area (Å²) in [5.74, 6) is 0.0802. The highest BCUT2D eigenvalue weighted by Crippen LogP contribution is 2.33. The molecule has 4 aromatic rings. The first-order chi connectivity index (χ1) is 16.6. The molecule has 0 saturated carbocycles. The number of halogens is 2. The van der Waals surface area contributed by atoms with Gasteiger partial charge in [0.2, 0.25) is 12.7 Å². The quantitative estimate of drug-likeness (QED) is 0.386. The highest BCUT2D eigenvalue weighted by atomic mass is 32.2. The Bertz CT molecular complexity index is 1350. The number of anilines is 1. The topological polar surface area (TPSA) is 78.3 Å². The summed E-state index contributed by atoms with van der Waals surface area (Å²) in [5.41, 5.74) is 1.60. The number of amides is 1. The molecule has 0 aliphatic carbocycles. The summed E-state index contributed by atoms with van der Waals surface area (Å²) < 4.78 is 40.0. The standard InChI is InChI=1S/C24H18F2N4O3S/c25-17-7-8-18(26)19(11-17)27-22(31)13-34-24-29-28-23(16-4-2-1-3-5-16)30(24)12-15-6-9-20-21(10-15)33-14-32-20/h1-11H,12-14H2,(H,27,31). The van der Waals surface area contributed by atoms with Crippen molar-refractivity contribution in [1.82, 2.24) is 14.8 Å². The lowest BCUT2D eigenvalue weighted by Gasteiger charge is -2.11. The number of thioether (sulfide) groups is 1. The number of aromatic nitrogens is 3.